The van der Waals surface area contributed by atoms with Gasteiger partial charge in [0, 0.05) is 0 Å². The van der Waals surface area contributed by atoms with Crippen molar-refractivity contribution >= 4 is 23.1 Å². The van der Waals surface area contributed by atoms with Gasteiger partial charge >= 0.3 is 0 Å². The fourth-order valence-electron chi connectivity index (χ4n) is 2.33. The van der Waals surface area contributed by atoms with Crippen LogP contribution in [0.5, 0.6) is 0 Å². The van der Waals surface area contributed by atoms with Crippen molar-refractivity contribution in [3.63, 3.8) is 0 Å². The predicted octanol–water partition coefficient (Wildman–Crippen LogP) is 6.10. The van der Waals surface area contributed by atoms with Crippen LogP contribution in [0.2, 0.25) is 0 Å². The maximum absolute atomic E-state index is 13.8. The highest BCUT2D eigenvalue weighted by Crippen LogP contribution is 2.29. The Morgan fingerprint density at radius 3 is 2.18 bits per heavy atom. The van der Waals surface area contributed by atoms with Crippen molar-refractivity contribution in [1.29, 1.82) is 0 Å². The Hall–Kier alpha value is -1.90. The summed E-state index contributed by atoms with van der Waals surface area (Å²) in [4.78, 5) is 3.41. The second-order valence-electron chi connectivity index (χ2n) is 5.15. The minimum absolute atomic E-state index is 0.394. The molecule has 0 bridgehead atoms. The highest BCUT2D eigenvalue weighted by atomic mass is 32.1. The van der Waals surface area contributed by atoms with Gasteiger partial charge in [0.2, 0.25) is 0 Å². The molecule has 0 aliphatic heterocycles. The van der Waals surface area contributed by atoms with Crippen molar-refractivity contribution in [3.8, 4) is 11.1 Å². The fraction of sp³-hybridized carbons (Fsp3) is 0.278. The fourth-order valence-corrected chi connectivity index (χ4v) is 2.42. The molecular weight excluding hydrogens is 300 g/mol. The molecule has 0 atom stereocenters. The number of nitrogens with zero attached hydrogens (tertiary/aromatic N) is 1. The number of unbranched alkanes of at least 4 members (excludes halogenated alkanes) is 2. The van der Waals surface area contributed by atoms with Gasteiger partial charge in [0.25, 0.3) is 0 Å². The maximum Gasteiger partial charge on any atom is 0.153 e. The number of aryl methyl sites for hydroxylation is 1. The van der Waals surface area contributed by atoms with E-state index in [0.717, 1.165) is 18.4 Å². The van der Waals surface area contributed by atoms with Crippen molar-refractivity contribution < 1.29 is 8.78 Å². The molecule has 2 aromatic rings. The molecule has 0 aliphatic rings. The predicted molar refractivity (Wildman–Crippen MR) is 89.7 cm³/mol. The number of hydrogen-bond acceptors (Lipinski definition) is 2. The molecule has 2 rings (SSSR count). The van der Waals surface area contributed by atoms with Crippen molar-refractivity contribution in [2.45, 2.75) is 32.6 Å². The molecule has 0 unspecified atom stereocenters. The number of aliphatic imine (C=N–C) groups is 1. The van der Waals surface area contributed by atoms with Gasteiger partial charge in [0.15, 0.2) is 11.6 Å². The normalized spacial score (nSPS) is 10.3. The van der Waals surface area contributed by atoms with Crippen LogP contribution < -0.4 is 0 Å². The summed E-state index contributed by atoms with van der Waals surface area (Å²) in [7, 11) is 0. The molecule has 2 aromatic carbocycles. The number of rotatable bonds is 6. The van der Waals surface area contributed by atoms with Crippen LogP contribution in [-0.2, 0) is 6.42 Å². The zero-order valence-electron chi connectivity index (χ0n) is 12.4. The molecule has 0 amide bonds. The zero-order valence-corrected chi connectivity index (χ0v) is 13.2. The topological polar surface area (TPSA) is 12.4 Å². The van der Waals surface area contributed by atoms with E-state index in [1.54, 1.807) is 0 Å². The molecule has 114 valence electrons. The van der Waals surface area contributed by atoms with Gasteiger partial charge in [-0.05, 0) is 53.9 Å². The van der Waals surface area contributed by atoms with Crippen LogP contribution in [0.1, 0.15) is 31.7 Å². The second kappa shape index (κ2) is 7.92. The molecule has 0 radical (unpaired) electrons. The highest BCUT2D eigenvalue weighted by molar-refractivity contribution is 7.78. The molecule has 0 N–H and O–H groups in total. The van der Waals surface area contributed by atoms with Crippen LogP contribution in [0.4, 0.5) is 14.5 Å². The van der Waals surface area contributed by atoms with Crippen molar-refractivity contribution in [2.75, 3.05) is 0 Å². The van der Waals surface area contributed by atoms with Crippen LogP contribution >= 0.6 is 12.2 Å². The average molecular weight is 317 g/mol. The van der Waals surface area contributed by atoms with Crippen molar-refractivity contribution in [2.24, 2.45) is 4.99 Å². The molecule has 0 aliphatic carbocycles. The van der Waals surface area contributed by atoms with E-state index in [0.29, 0.717) is 5.56 Å². The van der Waals surface area contributed by atoms with Gasteiger partial charge in [0.05, 0.1) is 5.16 Å². The number of isothiocyanates is 1. The molecule has 0 aromatic heterocycles. The highest BCUT2D eigenvalue weighted by Gasteiger charge is 2.11. The molecule has 4 heteroatoms. The Morgan fingerprint density at radius 2 is 1.64 bits per heavy atom. The first-order valence-electron chi connectivity index (χ1n) is 7.32. The van der Waals surface area contributed by atoms with E-state index < -0.39 is 17.3 Å². The van der Waals surface area contributed by atoms with Gasteiger partial charge in [-0.25, -0.2) is 8.78 Å². The van der Waals surface area contributed by atoms with E-state index in [4.69, 9.17) is 0 Å². The maximum atomic E-state index is 13.8. The SMILES string of the molecule is CCCCCc1ccc(-c2cc(F)c(N=C=S)c(F)c2)cc1. The minimum Gasteiger partial charge on any atom is -0.204 e. The van der Waals surface area contributed by atoms with E-state index in [9.17, 15) is 8.78 Å². The van der Waals surface area contributed by atoms with E-state index >= 15 is 0 Å². The molecular formula is C18H17F2NS. The third kappa shape index (κ3) is 4.06. The Labute approximate surface area is 134 Å². The summed E-state index contributed by atoms with van der Waals surface area (Å²) in [5.41, 5.74) is 2.10. The molecule has 0 fully saturated rings. The molecule has 0 saturated carbocycles. The second-order valence-corrected chi connectivity index (χ2v) is 5.33. The summed E-state index contributed by atoms with van der Waals surface area (Å²) in [6, 6.07) is 10.3. The lowest BCUT2D eigenvalue weighted by molar-refractivity contribution is 0.588. The summed E-state index contributed by atoms with van der Waals surface area (Å²) in [5.74, 6) is -1.47. The average Bonchev–Trinajstić information content (AvgIpc) is 2.52. The number of hydrogen-bond donors (Lipinski definition) is 0. The van der Waals surface area contributed by atoms with E-state index in [1.807, 2.05) is 29.4 Å². The summed E-state index contributed by atoms with van der Waals surface area (Å²) in [5, 5.41) is 1.99. The van der Waals surface area contributed by atoms with Gasteiger partial charge in [-0.1, -0.05) is 44.0 Å². The van der Waals surface area contributed by atoms with Crippen molar-refractivity contribution in [1.82, 2.24) is 0 Å². The Balaban J connectivity index is 2.23. The summed E-state index contributed by atoms with van der Waals surface area (Å²) in [6.45, 7) is 2.17. The van der Waals surface area contributed by atoms with Gasteiger partial charge in [-0.15, -0.1) is 0 Å². The zero-order chi connectivity index (χ0) is 15.9. The first-order valence-corrected chi connectivity index (χ1v) is 7.72. The molecule has 0 saturated heterocycles. The Morgan fingerprint density at radius 1 is 1.00 bits per heavy atom. The van der Waals surface area contributed by atoms with E-state index in [1.165, 1.54) is 30.5 Å². The van der Waals surface area contributed by atoms with Gasteiger partial charge in [0.1, 0.15) is 5.69 Å². The summed E-state index contributed by atoms with van der Waals surface area (Å²) >= 11 is 4.39. The van der Waals surface area contributed by atoms with Gasteiger partial charge in [-0.3, -0.25) is 0 Å². The summed E-state index contributed by atoms with van der Waals surface area (Å²) < 4.78 is 27.7. The van der Waals surface area contributed by atoms with Crippen LogP contribution in [0.15, 0.2) is 41.4 Å². The molecule has 0 heterocycles. The quantitative estimate of drug-likeness (QED) is 0.356. The van der Waals surface area contributed by atoms with Crippen LogP contribution in [-0.4, -0.2) is 5.16 Å². The van der Waals surface area contributed by atoms with Crippen LogP contribution in [0.3, 0.4) is 0 Å². The number of benzene rings is 2. The van der Waals surface area contributed by atoms with Crippen LogP contribution in [0.25, 0.3) is 11.1 Å². The molecule has 0 spiro atoms. The first-order chi connectivity index (χ1) is 10.7. The Bertz CT molecular complexity index is 666. The van der Waals surface area contributed by atoms with E-state index in [-0.39, 0.29) is 0 Å². The summed E-state index contributed by atoms with van der Waals surface area (Å²) in [6.07, 6.45) is 4.58. The minimum atomic E-state index is -0.737. The largest absolute Gasteiger partial charge is 0.204 e. The van der Waals surface area contributed by atoms with Crippen molar-refractivity contribution in [3.05, 3.63) is 53.6 Å². The number of thiocarbonyl (C=S) groups is 1. The third-order valence-electron chi connectivity index (χ3n) is 3.53. The third-order valence-corrected chi connectivity index (χ3v) is 3.62. The lowest BCUT2D eigenvalue weighted by atomic mass is 10.0. The van der Waals surface area contributed by atoms with Crippen LogP contribution in [0, 0.1) is 11.6 Å². The molecule has 1 nitrogen and oxygen atoms in total. The lowest BCUT2D eigenvalue weighted by Gasteiger charge is -2.06. The molecule has 22 heavy (non-hydrogen) atoms. The van der Waals surface area contributed by atoms with Gasteiger partial charge in [-0.2, -0.15) is 4.99 Å². The standard InChI is InChI=1S/C18H17F2NS/c1-2-3-4-5-13-6-8-14(9-7-13)15-10-16(19)18(21-12-22)17(20)11-15/h6-11H,2-5H2,1H3. The Kier molecular flexibility index (Phi) is 5.93. The smallest absolute Gasteiger partial charge is 0.153 e. The van der Waals surface area contributed by atoms with Gasteiger partial charge < -0.3 is 0 Å². The first kappa shape index (κ1) is 16.5. The monoisotopic (exact) mass is 317 g/mol. The van der Waals surface area contributed by atoms with E-state index in [2.05, 4.69) is 24.1 Å². The lowest BCUT2D eigenvalue weighted by Crippen LogP contribution is -1.88. The number of halogens is 2.